The van der Waals surface area contributed by atoms with E-state index in [1.54, 1.807) is 0 Å². The molecule has 0 aliphatic heterocycles. The summed E-state index contributed by atoms with van der Waals surface area (Å²) in [7, 11) is 0. The largest absolute Gasteiger partial charge is 0.395 e. The van der Waals surface area contributed by atoms with E-state index in [1.165, 1.54) is 0 Å². The molecule has 0 aromatic heterocycles. The van der Waals surface area contributed by atoms with Crippen molar-refractivity contribution in [3.8, 4) is 0 Å². The normalized spacial score (nSPS) is 17.5. The van der Waals surface area contributed by atoms with E-state index in [2.05, 4.69) is 0 Å². The van der Waals surface area contributed by atoms with Crippen molar-refractivity contribution in [2.24, 2.45) is 5.41 Å². The maximum atomic E-state index is 12.1. The number of carbonyl (C=O) groups excluding carboxylic acids is 1. The quantitative estimate of drug-likeness (QED) is 0.767. The van der Waals surface area contributed by atoms with Gasteiger partial charge in [0.05, 0.1) is 12.0 Å². The molecule has 2 nitrogen and oxygen atoms in total. The smallest absolute Gasteiger partial charge is 0.171 e. The molecular formula is C13H16O2. The third-order valence-corrected chi connectivity index (χ3v) is 3.26. The Hall–Kier alpha value is -1.15. The van der Waals surface area contributed by atoms with Crippen molar-refractivity contribution in [1.29, 1.82) is 0 Å². The first-order chi connectivity index (χ1) is 7.09. The Bertz CT molecular complexity index is 403. The molecule has 0 radical (unpaired) electrons. The highest BCUT2D eigenvalue weighted by Gasteiger charge is 2.49. The van der Waals surface area contributed by atoms with Gasteiger partial charge in [0, 0.05) is 5.56 Å². The Morgan fingerprint density at radius 2 is 2.07 bits per heavy atom. The average molecular weight is 204 g/mol. The molecule has 2 heteroatoms. The fourth-order valence-electron chi connectivity index (χ4n) is 1.96. The fourth-order valence-corrected chi connectivity index (χ4v) is 1.96. The summed E-state index contributed by atoms with van der Waals surface area (Å²) in [5, 5.41) is 9.21. The van der Waals surface area contributed by atoms with Crippen LogP contribution in [-0.2, 0) is 0 Å². The summed E-state index contributed by atoms with van der Waals surface area (Å²) in [5.74, 6) is 0.113. The Morgan fingerprint density at radius 1 is 1.40 bits per heavy atom. The third-order valence-electron chi connectivity index (χ3n) is 3.26. The van der Waals surface area contributed by atoms with Crippen LogP contribution >= 0.6 is 0 Å². The summed E-state index contributed by atoms with van der Waals surface area (Å²) in [4.78, 5) is 12.1. The molecule has 0 bridgehead atoms. The van der Waals surface area contributed by atoms with Gasteiger partial charge in [-0.05, 0) is 32.3 Å². The predicted octanol–water partition coefficient (Wildman–Crippen LogP) is 2.26. The lowest BCUT2D eigenvalue weighted by Crippen LogP contribution is -2.20. The van der Waals surface area contributed by atoms with Gasteiger partial charge >= 0.3 is 0 Å². The summed E-state index contributed by atoms with van der Waals surface area (Å²) in [6.07, 6.45) is 1.66. The first-order valence-corrected chi connectivity index (χ1v) is 5.32. The predicted molar refractivity (Wildman–Crippen MR) is 59.0 cm³/mol. The van der Waals surface area contributed by atoms with E-state index in [0.29, 0.717) is 0 Å². The Kier molecular flexibility index (Phi) is 2.39. The first-order valence-electron chi connectivity index (χ1n) is 5.32. The number of hydrogen-bond donors (Lipinski definition) is 1. The number of benzene rings is 1. The van der Waals surface area contributed by atoms with Crippen molar-refractivity contribution in [3.05, 3.63) is 34.9 Å². The molecular weight excluding hydrogens is 188 g/mol. The highest BCUT2D eigenvalue weighted by atomic mass is 16.3. The van der Waals surface area contributed by atoms with Crippen LogP contribution in [0, 0.1) is 19.3 Å². The maximum Gasteiger partial charge on any atom is 0.171 e. The standard InChI is InChI=1S/C13H16O2/c1-9-3-4-11(10(2)7-9)12(15)13(8-14)5-6-13/h3-4,7,14H,5-6,8H2,1-2H3. The molecule has 2 rings (SSSR count). The Labute approximate surface area is 89.9 Å². The molecule has 80 valence electrons. The Morgan fingerprint density at radius 3 is 2.53 bits per heavy atom. The maximum absolute atomic E-state index is 12.1. The minimum absolute atomic E-state index is 0.0147. The molecule has 0 saturated heterocycles. The highest BCUT2D eigenvalue weighted by Crippen LogP contribution is 2.48. The molecule has 1 aliphatic rings. The van der Waals surface area contributed by atoms with Crippen LogP contribution in [0.2, 0.25) is 0 Å². The summed E-state index contributed by atoms with van der Waals surface area (Å²) in [6.45, 7) is 3.95. The van der Waals surface area contributed by atoms with E-state index in [0.717, 1.165) is 29.5 Å². The van der Waals surface area contributed by atoms with Crippen molar-refractivity contribution in [2.75, 3.05) is 6.61 Å². The SMILES string of the molecule is Cc1ccc(C(=O)C2(CO)CC2)c(C)c1. The first kappa shape index (κ1) is 10.4. The molecule has 0 spiro atoms. The molecule has 0 atom stereocenters. The van der Waals surface area contributed by atoms with Gasteiger partial charge in [-0.25, -0.2) is 0 Å². The summed E-state index contributed by atoms with van der Waals surface area (Å²) < 4.78 is 0. The fraction of sp³-hybridized carbons (Fsp3) is 0.462. The van der Waals surface area contributed by atoms with Crippen molar-refractivity contribution >= 4 is 5.78 Å². The number of ketones is 1. The van der Waals surface area contributed by atoms with Crippen molar-refractivity contribution in [1.82, 2.24) is 0 Å². The van der Waals surface area contributed by atoms with Crippen LogP contribution in [0.15, 0.2) is 18.2 Å². The van der Waals surface area contributed by atoms with E-state index >= 15 is 0 Å². The number of aliphatic hydroxyl groups excluding tert-OH is 1. The zero-order chi connectivity index (χ0) is 11.1. The van der Waals surface area contributed by atoms with Crippen molar-refractivity contribution < 1.29 is 9.90 Å². The number of aryl methyl sites for hydroxylation is 2. The summed E-state index contributed by atoms with van der Waals surface area (Å²) >= 11 is 0. The third kappa shape index (κ3) is 1.70. The number of Topliss-reactive ketones (excluding diaryl/α,β-unsaturated/α-hetero) is 1. The van der Waals surface area contributed by atoms with Crippen molar-refractivity contribution in [2.45, 2.75) is 26.7 Å². The zero-order valence-electron chi connectivity index (χ0n) is 9.21. The van der Waals surface area contributed by atoms with E-state index in [9.17, 15) is 9.90 Å². The second kappa shape index (κ2) is 3.46. The molecule has 0 amide bonds. The molecule has 15 heavy (non-hydrogen) atoms. The summed E-state index contributed by atoms with van der Waals surface area (Å²) in [6, 6.07) is 5.84. The van der Waals surface area contributed by atoms with Gasteiger partial charge in [-0.1, -0.05) is 23.8 Å². The van der Waals surface area contributed by atoms with Gasteiger partial charge in [0.2, 0.25) is 0 Å². The van der Waals surface area contributed by atoms with Crippen LogP contribution < -0.4 is 0 Å². The highest BCUT2D eigenvalue weighted by molar-refractivity contribution is 6.03. The van der Waals surface area contributed by atoms with Gasteiger partial charge < -0.3 is 5.11 Å². The van der Waals surface area contributed by atoms with Gasteiger partial charge in [-0.3, -0.25) is 4.79 Å². The minimum atomic E-state index is -0.444. The number of carbonyl (C=O) groups is 1. The lowest BCUT2D eigenvalue weighted by molar-refractivity contribution is 0.0829. The number of hydrogen-bond acceptors (Lipinski definition) is 2. The summed E-state index contributed by atoms with van der Waals surface area (Å²) in [5.41, 5.74) is 2.50. The van der Waals surface area contributed by atoms with Crippen LogP contribution in [0.5, 0.6) is 0 Å². The average Bonchev–Trinajstić information content (AvgIpc) is 2.97. The number of aliphatic hydroxyl groups is 1. The van der Waals surface area contributed by atoms with Gasteiger partial charge in [0.1, 0.15) is 0 Å². The monoisotopic (exact) mass is 204 g/mol. The second-order valence-electron chi connectivity index (χ2n) is 4.59. The van der Waals surface area contributed by atoms with Crippen molar-refractivity contribution in [3.63, 3.8) is 0 Å². The van der Waals surface area contributed by atoms with E-state index in [1.807, 2.05) is 32.0 Å². The van der Waals surface area contributed by atoms with Crippen LogP contribution in [0.25, 0.3) is 0 Å². The molecule has 0 unspecified atom stereocenters. The van der Waals surface area contributed by atoms with Crippen LogP contribution in [-0.4, -0.2) is 17.5 Å². The molecule has 1 aromatic rings. The topological polar surface area (TPSA) is 37.3 Å². The molecule has 1 fully saturated rings. The van der Waals surface area contributed by atoms with Crippen LogP contribution in [0.1, 0.15) is 34.3 Å². The van der Waals surface area contributed by atoms with Crippen LogP contribution in [0.4, 0.5) is 0 Å². The second-order valence-corrected chi connectivity index (χ2v) is 4.59. The van der Waals surface area contributed by atoms with Crippen LogP contribution in [0.3, 0.4) is 0 Å². The molecule has 1 aromatic carbocycles. The number of rotatable bonds is 3. The minimum Gasteiger partial charge on any atom is -0.395 e. The molecule has 1 N–H and O–H groups in total. The van der Waals surface area contributed by atoms with E-state index in [4.69, 9.17) is 0 Å². The Balaban J connectivity index is 2.34. The molecule has 1 saturated carbocycles. The van der Waals surface area contributed by atoms with Gasteiger partial charge in [0.25, 0.3) is 0 Å². The lowest BCUT2D eigenvalue weighted by atomic mass is 9.92. The van der Waals surface area contributed by atoms with E-state index < -0.39 is 5.41 Å². The lowest BCUT2D eigenvalue weighted by Gasteiger charge is -2.12. The molecule has 1 aliphatic carbocycles. The van der Waals surface area contributed by atoms with Gasteiger partial charge in [-0.15, -0.1) is 0 Å². The molecule has 0 heterocycles. The van der Waals surface area contributed by atoms with E-state index in [-0.39, 0.29) is 12.4 Å². The van der Waals surface area contributed by atoms with Gasteiger partial charge in [0.15, 0.2) is 5.78 Å². The zero-order valence-corrected chi connectivity index (χ0v) is 9.21. The van der Waals surface area contributed by atoms with Gasteiger partial charge in [-0.2, -0.15) is 0 Å².